The minimum absolute atomic E-state index is 0.209. The van der Waals surface area contributed by atoms with Gasteiger partial charge in [0.1, 0.15) is 5.75 Å². The number of ether oxygens (including phenoxy) is 1. The van der Waals surface area contributed by atoms with E-state index >= 15 is 0 Å². The van der Waals surface area contributed by atoms with Gasteiger partial charge in [-0.2, -0.15) is 0 Å². The number of benzene rings is 1. The normalized spacial score (nSPS) is 11.0. The monoisotopic (exact) mass is 308 g/mol. The van der Waals surface area contributed by atoms with Gasteiger partial charge in [0.05, 0.1) is 18.5 Å². The number of allylic oxidation sites excluding steroid dienone is 1. The molecule has 0 aliphatic carbocycles. The highest BCUT2D eigenvalue weighted by Crippen LogP contribution is 2.30. The molecule has 0 aliphatic heterocycles. The van der Waals surface area contributed by atoms with Gasteiger partial charge in [-0.3, -0.25) is 9.20 Å². The molecule has 1 amide bonds. The molecule has 3 aromatic rings. The fraction of sp³-hybridized carbons (Fsp3) is 0.118. The molecule has 1 aromatic carbocycles. The summed E-state index contributed by atoms with van der Waals surface area (Å²) < 4.78 is 7.14. The molecule has 0 radical (unpaired) electrons. The van der Waals surface area contributed by atoms with E-state index in [4.69, 9.17) is 4.74 Å². The van der Waals surface area contributed by atoms with E-state index in [9.17, 15) is 4.79 Å². The number of nitrogens with zero attached hydrogens (tertiary/aromatic N) is 3. The number of anilines is 1. The third-order valence-electron chi connectivity index (χ3n) is 3.31. The predicted molar refractivity (Wildman–Crippen MR) is 88.4 cm³/mol. The summed E-state index contributed by atoms with van der Waals surface area (Å²) in [4.78, 5) is 20.5. The third kappa shape index (κ3) is 3.06. The molecule has 2 heterocycles. The largest absolute Gasteiger partial charge is 0.495 e. The highest BCUT2D eigenvalue weighted by molar-refractivity contribution is 6.00. The highest BCUT2D eigenvalue weighted by Gasteiger charge is 2.10. The van der Waals surface area contributed by atoms with Crippen LogP contribution >= 0.6 is 0 Å². The number of carbonyl (C=O) groups is 1. The summed E-state index contributed by atoms with van der Waals surface area (Å²) in [6.07, 6.45) is 8.61. The van der Waals surface area contributed by atoms with Crippen molar-refractivity contribution < 1.29 is 9.53 Å². The quantitative estimate of drug-likeness (QED) is 0.752. The van der Waals surface area contributed by atoms with E-state index in [0.29, 0.717) is 17.2 Å². The lowest BCUT2D eigenvalue weighted by atomic mass is 10.1. The highest BCUT2D eigenvalue weighted by atomic mass is 16.5. The predicted octanol–water partition coefficient (Wildman–Crippen LogP) is 2.92. The molecule has 0 fully saturated rings. The summed E-state index contributed by atoms with van der Waals surface area (Å²) in [7, 11) is 1.56. The van der Waals surface area contributed by atoms with Crippen LogP contribution in [-0.2, 0) is 4.79 Å². The van der Waals surface area contributed by atoms with Gasteiger partial charge >= 0.3 is 0 Å². The van der Waals surface area contributed by atoms with Crippen molar-refractivity contribution in [3.63, 3.8) is 0 Å². The van der Waals surface area contributed by atoms with Gasteiger partial charge in [-0.15, -0.1) is 0 Å². The summed E-state index contributed by atoms with van der Waals surface area (Å²) in [6.45, 7) is 1.79. The van der Waals surface area contributed by atoms with Crippen molar-refractivity contribution in [1.29, 1.82) is 0 Å². The van der Waals surface area contributed by atoms with Crippen LogP contribution in [0.1, 0.15) is 6.92 Å². The van der Waals surface area contributed by atoms with Crippen LogP contribution in [0.3, 0.4) is 0 Å². The number of hydrogen-bond acceptors (Lipinski definition) is 4. The Morgan fingerprint density at radius 3 is 3.00 bits per heavy atom. The van der Waals surface area contributed by atoms with Crippen molar-refractivity contribution in [3.8, 4) is 17.0 Å². The summed E-state index contributed by atoms with van der Waals surface area (Å²) in [6, 6.07) is 7.38. The first-order chi connectivity index (χ1) is 11.2. The Labute approximate surface area is 133 Å². The van der Waals surface area contributed by atoms with Gasteiger partial charge in [-0.1, -0.05) is 6.08 Å². The van der Waals surface area contributed by atoms with Crippen molar-refractivity contribution in [2.45, 2.75) is 6.92 Å². The summed E-state index contributed by atoms with van der Waals surface area (Å²) in [5.74, 6) is 1.01. The molecule has 1 N–H and O–H groups in total. The summed E-state index contributed by atoms with van der Waals surface area (Å²) in [5, 5.41) is 2.81. The fourth-order valence-corrected chi connectivity index (χ4v) is 2.26. The minimum Gasteiger partial charge on any atom is -0.495 e. The van der Waals surface area contributed by atoms with Crippen LogP contribution < -0.4 is 10.1 Å². The van der Waals surface area contributed by atoms with Crippen molar-refractivity contribution >= 4 is 17.4 Å². The number of hydrogen-bond donors (Lipinski definition) is 1. The fourth-order valence-electron chi connectivity index (χ4n) is 2.26. The van der Waals surface area contributed by atoms with E-state index in [-0.39, 0.29) is 5.91 Å². The molecular formula is C17H16N4O2. The molecule has 23 heavy (non-hydrogen) atoms. The van der Waals surface area contributed by atoms with Crippen LogP contribution in [0.2, 0.25) is 0 Å². The van der Waals surface area contributed by atoms with Gasteiger partial charge in [-0.25, -0.2) is 9.97 Å². The Hall–Kier alpha value is -3.15. The van der Waals surface area contributed by atoms with Crippen LogP contribution in [0.4, 0.5) is 5.69 Å². The molecule has 0 aliphatic rings. The lowest BCUT2D eigenvalue weighted by Crippen LogP contribution is -2.09. The zero-order valence-corrected chi connectivity index (χ0v) is 12.9. The molecule has 0 bridgehead atoms. The molecule has 6 heteroatoms. The lowest BCUT2D eigenvalue weighted by molar-refractivity contribution is -0.111. The van der Waals surface area contributed by atoms with Gasteiger partial charge in [0.15, 0.2) is 0 Å². The standard InChI is InChI=1S/C17H16N4O2/c1-3-5-16(22)19-13-10-12(6-7-15(13)23-2)14-11-21-9-4-8-18-17(21)20-14/h3-11H,1-2H3,(H,19,22)/b5-3-. The molecular weight excluding hydrogens is 292 g/mol. The molecule has 0 spiro atoms. The molecule has 0 saturated carbocycles. The second-order valence-corrected chi connectivity index (χ2v) is 4.86. The molecule has 0 atom stereocenters. The van der Waals surface area contributed by atoms with Gasteiger partial charge in [0.2, 0.25) is 11.7 Å². The Kier molecular flexibility index (Phi) is 4.05. The van der Waals surface area contributed by atoms with Gasteiger partial charge < -0.3 is 10.1 Å². The van der Waals surface area contributed by atoms with Crippen molar-refractivity contribution in [1.82, 2.24) is 14.4 Å². The van der Waals surface area contributed by atoms with Gasteiger partial charge in [0.25, 0.3) is 0 Å². The zero-order chi connectivity index (χ0) is 16.2. The molecule has 116 valence electrons. The van der Waals surface area contributed by atoms with Crippen LogP contribution in [0.25, 0.3) is 17.0 Å². The molecule has 3 rings (SSSR count). The second-order valence-electron chi connectivity index (χ2n) is 4.86. The Balaban J connectivity index is 2.01. The first-order valence-electron chi connectivity index (χ1n) is 7.13. The van der Waals surface area contributed by atoms with Crippen LogP contribution in [-0.4, -0.2) is 27.4 Å². The Morgan fingerprint density at radius 2 is 2.26 bits per heavy atom. The second kappa shape index (κ2) is 6.31. The number of nitrogens with one attached hydrogen (secondary N) is 1. The van der Waals surface area contributed by atoms with E-state index in [1.165, 1.54) is 6.08 Å². The lowest BCUT2D eigenvalue weighted by Gasteiger charge is -2.10. The van der Waals surface area contributed by atoms with E-state index < -0.39 is 0 Å². The number of carbonyl (C=O) groups excluding carboxylic acids is 1. The number of amides is 1. The zero-order valence-electron chi connectivity index (χ0n) is 12.9. The molecule has 6 nitrogen and oxygen atoms in total. The van der Waals surface area contributed by atoms with Crippen LogP contribution in [0.15, 0.2) is 55.0 Å². The summed E-state index contributed by atoms with van der Waals surface area (Å²) in [5.41, 5.74) is 2.23. The molecule has 2 aromatic heterocycles. The maximum absolute atomic E-state index is 11.8. The van der Waals surface area contributed by atoms with Crippen molar-refractivity contribution in [2.24, 2.45) is 0 Å². The smallest absolute Gasteiger partial charge is 0.248 e. The van der Waals surface area contributed by atoms with Crippen LogP contribution in [0.5, 0.6) is 5.75 Å². The van der Waals surface area contributed by atoms with Crippen LogP contribution in [0, 0.1) is 0 Å². The number of rotatable bonds is 4. The average molecular weight is 308 g/mol. The van der Waals surface area contributed by atoms with Crippen molar-refractivity contribution in [3.05, 3.63) is 55.0 Å². The van der Waals surface area contributed by atoms with Crippen molar-refractivity contribution in [2.75, 3.05) is 12.4 Å². The SMILES string of the molecule is C/C=C\C(=O)Nc1cc(-c2cn3cccnc3n2)ccc1OC. The minimum atomic E-state index is -0.209. The van der Waals surface area contributed by atoms with Gasteiger partial charge in [0, 0.05) is 24.2 Å². The summed E-state index contributed by atoms with van der Waals surface area (Å²) >= 11 is 0. The Bertz CT molecular complexity index is 850. The maximum atomic E-state index is 11.8. The number of aromatic nitrogens is 3. The average Bonchev–Trinajstić information content (AvgIpc) is 2.99. The van der Waals surface area contributed by atoms with E-state index in [1.807, 2.05) is 35.0 Å². The third-order valence-corrected chi connectivity index (χ3v) is 3.31. The Morgan fingerprint density at radius 1 is 1.39 bits per heavy atom. The first kappa shape index (κ1) is 14.8. The number of imidazole rings is 1. The van der Waals surface area contributed by atoms with Gasteiger partial charge in [-0.05, 0) is 37.3 Å². The number of methoxy groups -OCH3 is 1. The van der Waals surface area contributed by atoms with E-state index in [0.717, 1.165) is 11.3 Å². The van der Waals surface area contributed by atoms with E-state index in [2.05, 4.69) is 15.3 Å². The van der Waals surface area contributed by atoms with E-state index in [1.54, 1.807) is 32.4 Å². The first-order valence-corrected chi connectivity index (χ1v) is 7.13. The topological polar surface area (TPSA) is 68.5 Å². The maximum Gasteiger partial charge on any atom is 0.248 e. The number of fused-ring (bicyclic) bond motifs is 1. The molecule has 0 saturated heterocycles. The molecule has 0 unspecified atom stereocenters.